The van der Waals surface area contributed by atoms with Gasteiger partial charge >= 0.3 is 12.2 Å². The van der Waals surface area contributed by atoms with Gasteiger partial charge in [-0.1, -0.05) is 51.7 Å². The van der Waals surface area contributed by atoms with E-state index in [-0.39, 0.29) is 48.7 Å². The number of hydrogen-bond donors (Lipinski definition) is 4. The van der Waals surface area contributed by atoms with Gasteiger partial charge in [0.1, 0.15) is 29.8 Å². The molecule has 2 aliphatic rings. The van der Waals surface area contributed by atoms with Gasteiger partial charge in [-0.05, 0) is 60.6 Å². The lowest BCUT2D eigenvalue weighted by Crippen LogP contribution is -2.58. The number of aromatic amines is 2. The smallest absolute Gasteiger partial charge is 0.407 e. The summed E-state index contributed by atoms with van der Waals surface area (Å²) in [6.45, 7) is 10.4. The van der Waals surface area contributed by atoms with Crippen LogP contribution in [0.3, 0.4) is 0 Å². The Morgan fingerprint density at radius 2 is 1.38 bits per heavy atom. The zero-order valence-corrected chi connectivity index (χ0v) is 33.9. The summed E-state index contributed by atoms with van der Waals surface area (Å²) in [6.07, 6.45) is 1.95. The van der Waals surface area contributed by atoms with Crippen molar-refractivity contribution in [2.24, 2.45) is 11.8 Å². The minimum Gasteiger partial charge on any atom is -0.453 e. The fourth-order valence-electron chi connectivity index (χ4n) is 7.43. The number of benzene rings is 2. The number of likely N-dealkylation sites (tertiary alicyclic amines) is 1. The van der Waals surface area contributed by atoms with Gasteiger partial charge in [0.2, 0.25) is 17.7 Å². The average molecular weight is 794 g/mol. The van der Waals surface area contributed by atoms with Gasteiger partial charge in [-0.25, -0.2) is 19.6 Å². The van der Waals surface area contributed by atoms with E-state index >= 15 is 0 Å². The number of nitrogens with one attached hydrogen (secondary N) is 4. The molecule has 4 atom stereocenters. The number of aromatic nitrogens is 4. The average Bonchev–Trinajstić information content (AvgIpc) is 4.00. The maximum absolute atomic E-state index is 13.8. The second kappa shape index (κ2) is 17.8. The standard InChI is InChI=1S/C42H51N9O7/c1-24(2)35(47-41(55)57-6)39(53)50-18-8-9-33(50)38-44-30-17-14-28(21-31(30)45-38)11-10-27-12-15-29(16-13-27)32-22-43-37(46-32)34-23-49(26(5)52)19-20-51(34)40(54)36(25(3)4)48-42(56)58-7/h12-17,21-22,24-25,33-36H,8-9,18-20,23H2,1-7H3,(H,43,46)(H,44,45)(H,47,55)(H,48,56)/t33?,34?,35-,36-/m0/s1. The lowest BCUT2D eigenvalue weighted by molar-refractivity contribution is -0.144. The van der Waals surface area contributed by atoms with Crippen LogP contribution in [0.2, 0.25) is 0 Å². The molecule has 6 rings (SSSR count). The van der Waals surface area contributed by atoms with E-state index in [0.717, 1.165) is 46.3 Å². The first-order chi connectivity index (χ1) is 27.8. The van der Waals surface area contributed by atoms with Gasteiger partial charge < -0.3 is 44.8 Å². The predicted molar refractivity (Wildman–Crippen MR) is 215 cm³/mol. The highest BCUT2D eigenvalue weighted by molar-refractivity contribution is 5.87. The van der Waals surface area contributed by atoms with Crippen molar-refractivity contribution in [3.05, 3.63) is 71.4 Å². The summed E-state index contributed by atoms with van der Waals surface area (Å²) in [6, 6.07) is 11.1. The van der Waals surface area contributed by atoms with Crippen molar-refractivity contribution in [1.29, 1.82) is 0 Å². The zero-order chi connectivity index (χ0) is 41.7. The number of ether oxygens (including phenoxy) is 2. The lowest BCUT2D eigenvalue weighted by Gasteiger charge is -2.42. The molecule has 0 aliphatic carbocycles. The molecule has 4 heterocycles. The summed E-state index contributed by atoms with van der Waals surface area (Å²) < 4.78 is 9.52. The highest BCUT2D eigenvalue weighted by Crippen LogP contribution is 2.33. The highest BCUT2D eigenvalue weighted by Gasteiger charge is 2.40. The van der Waals surface area contributed by atoms with E-state index in [1.165, 1.54) is 21.1 Å². The quantitative estimate of drug-likeness (QED) is 0.177. The molecule has 0 bridgehead atoms. The molecule has 2 unspecified atom stereocenters. The minimum absolute atomic E-state index is 0.0979. The summed E-state index contributed by atoms with van der Waals surface area (Å²) in [4.78, 5) is 85.2. The number of alkyl carbamates (subject to hydrolysis) is 2. The van der Waals surface area contributed by atoms with Crippen LogP contribution >= 0.6 is 0 Å². The van der Waals surface area contributed by atoms with Crippen LogP contribution in [0.25, 0.3) is 22.3 Å². The van der Waals surface area contributed by atoms with E-state index < -0.39 is 30.3 Å². The number of methoxy groups -OCH3 is 2. The third kappa shape index (κ3) is 9.09. The van der Waals surface area contributed by atoms with E-state index in [0.29, 0.717) is 24.7 Å². The van der Waals surface area contributed by atoms with Crippen LogP contribution in [0.4, 0.5) is 9.59 Å². The van der Waals surface area contributed by atoms with Gasteiger partial charge in [-0.3, -0.25) is 14.4 Å². The molecule has 0 spiro atoms. The van der Waals surface area contributed by atoms with Crippen molar-refractivity contribution in [3.8, 4) is 23.1 Å². The largest absolute Gasteiger partial charge is 0.453 e. The number of carbonyl (C=O) groups is 5. The number of hydrogen-bond acceptors (Lipinski definition) is 9. The Morgan fingerprint density at radius 3 is 1.98 bits per heavy atom. The number of imidazole rings is 2. The topological polar surface area (TPSA) is 195 Å². The van der Waals surface area contributed by atoms with Crippen LogP contribution in [-0.4, -0.2) is 117 Å². The summed E-state index contributed by atoms with van der Waals surface area (Å²) in [7, 11) is 2.53. The molecule has 2 saturated heterocycles. The predicted octanol–water partition coefficient (Wildman–Crippen LogP) is 4.51. The van der Waals surface area contributed by atoms with E-state index in [9.17, 15) is 24.0 Å². The summed E-state index contributed by atoms with van der Waals surface area (Å²) in [5, 5.41) is 5.34. The Bertz CT molecular complexity index is 2220. The molecule has 2 fully saturated rings. The number of piperazine rings is 1. The molecule has 2 aromatic heterocycles. The molecule has 4 N–H and O–H groups in total. The molecule has 58 heavy (non-hydrogen) atoms. The Balaban J connectivity index is 1.16. The van der Waals surface area contributed by atoms with Crippen LogP contribution in [0, 0.1) is 23.7 Å². The van der Waals surface area contributed by atoms with Crippen molar-refractivity contribution in [3.63, 3.8) is 0 Å². The van der Waals surface area contributed by atoms with Gasteiger partial charge in [-0.2, -0.15) is 0 Å². The third-order valence-corrected chi connectivity index (χ3v) is 10.7. The van der Waals surface area contributed by atoms with E-state index in [2.05, 4.69) is 37.4 Å². The lowest BCUT2D eigenvalue weighted by atomic mass is 10.0. The number of carbonyl (C=O) groups excluding carboxylic acids is 5. The number of rotatable bonds is 9. The van der Waals surface area contributed by atoms with Crippen molar-refractivity contribution in [2.75, 3.05) is 40.4 Å². The number of nitrogens with zero attached hydrogens (tertiary/aromatic N) is 5. The monoisotopic (exact) mass is 793 g/mol. The third-order valence-electron chi connectivity index (χ3n) is 10.7. The fraction of sp³-hybridized carbons (Fsp3) is 0.452. The van der Waals surface area contributed by atoms with Crippen LogP contribution < -0.4 is 10.6 Å². The van der Waals surface area contributed by atoms with Crippen molar-refractivity contribution in [1.82, 2.24) is 45.3 Å². The van der Waals surface area contributed by atoms with Crippen molar-refractivity contribution < 1.29 is 33.4 Å². The Labute approximate surface area is 337 Å². The van der Waals surface area contributed by atoms with Crippen LogP contribution in [0.1, 0.15) is 82.3 Å². The maximum Gasteiger partial charge on any atom is 0.407 e. The summed E-state index contributed by atoms with van der Waals surface area (Å²) in [5.41, 5.74) is 4.76. The Morgan fingerprint density at radius 1 is 0.776 bits per heavy atom. The van der Waals surface area contributed by atoms with E-state index in [1.807, 2.05) is 70.2 Å². The maximum atomic E-state index is 13.8. The second-order valence-electron chi connectivity index (χ2n) is 15.3. The first-order valence-electron chi connectivity index (χ1n) is 19.5. The van der Waals surface area contributed by atoms with Crippen LogP contribution in [0.15, 0.2) is 48.7 Å². The molecule has 16 nitrogen and oxygen atoms in total. The molecular weight excluding hydrogens is 743 g/mol. The van der Waals surface area contributed by atoms with E-state index in [4.69, 9.17) is 14.5 Å². The van der Waals surface area contributed by atoms with Gasteiger partial charge in [0.15, 0.2) is 0 Å². The Hall–Kier alpha value is -6.37. The minimum atomic E-state index is -0.817. The number of fused-ring (bicyclic) bond motifs is 1. The normalized spacial score (nSPS) is 17.8. The van der Waals surface area contributed by atoms with Crippen molar-refractivity contribution in [2.45, 2.75) is 71.6 Å². The summed E-state index contributed by atoms with van der Waals surface area (Å²) in [5.74, 6) is 6.82. The molecule has 4 aromatic rings. The Kier molecular flexibility index (Phi) is 12.7. The molecule has 0 saturated carbocycles. The molecule has 16 heteroatoms. The van der Waals surface area contributed by atoms with Gasteiger partial charge in [0, 0.05) is 44.2 Å². The van der Waals surface area contributed by atoms with Crippen molar-refractivity contribution >= 4 is 40.9 Å². The highest BCUT2D eigenvalue weighted by atomic mass is 16.5. The van der Waals surface area contributed by atoms with E-state index in [1.54, 1.807) is 20.9 Å². The van der Waals surface area contributed by atoms with Crippen LogP contribution in [0.5, 0.6) is 0 Å². The molecule has 2 aliphatic heterocycles. The van der Waals surface area contributed by atoms with Crippen LogP contribution in [-0.2, 0) is 23.9 Å². The number of amides is 5. The summed E-state index contributed by atoms with van der Waals surface area (Å²) >= 11 is 0. The first kappa shape index (κ1) is 41.3. The number of H-pyrrole nitrogens is 2. The zero-order valence-electron chi connectivity index (χ0n) is 33.9. The molecular formula is C42H51N9O7. The van der Waals surface area contributed by atoms with Gasteiger partial charge in [0.25, 0.3) is 0 Å². The molecule has 5 amide bonds. The SMILES string of the molecule is COC(=O)N[C@H](C(=O)N1CCN(C(C)=O)CC1c1ncc(-c2ccc(C#Cc3ccc4nc(C5CCCN5C(=O)[C@@H](NC(=O)OC)C(C)C)[nH]c4c3)cc2)[nH]1)C(C)C. The first-order valence-corrected chi connectivity index (χ1v) is 19.5. The second-order valence-corrected chi connectivity index (χ2v) is 15.3. The molecule has 306 valence electrons. The molecule has 0 radical (unpaired) electrons. The molecule has 2 aromatic carbocycles. The van der Waals surface area contributed by atoms with Gasteiger partial charge in [0.05, 0.1) is 43.2 Å². The fourth-order valence-corrected chi connectivity index (χ4v) is 7.43. The van der Waals surface area contributed by atoms with Gasteiger partial charge in [-0.15, -0.1) is 0 Å².